The molecule has 4 nitrogen and oxygen atoms in total. The maximum absolute atomic E-state index is 9.11. The highest BCUT2D eigenvalue weighted by molar-refractivity contribution is 7.15. The molecule has 2 aromatic rings. The number of aliphatic hydroxyl groups excluding tert-OH is 1. The van der Waals surface area contributed by atoms with E-state index in [1.54, 1.807) is 11.3 Å². The molecule has 88 valence electrons. The average molecular weight is 239 g/mol. The Morgan fingerprint density at radius 1 is 1.62 bits per heavy atom. The minimum Gasteiger partial charge on any atom is -0.395 e. The van der Waals surface area contributed by atoms with Crippen LogP contribution in [-0.2, 0) is 6.54 Å². The highest BCUT2D eigenvalue weighted by Crippen LogP contribution is 2.16. The molecule has 0 saturated heterocycles. The van der Waals surface area contributed by atoms with Gasteiger partial charge < -0.3 is 10.4 Å². The Morgan fingerprint density at radius 2 is 2.44 bits per heavy atom. The van der Waals surface area contributed by atoms with Crippen LogP contribution >= 0.6 is 11.3 Å². The number of imidazole rings is 1. The molecule has 0 aliphatic rings. The van der Waals surface area contributed by atoms with Gasteiger partial charge in [0, 0.05) is 24.2 Å². The second-order valence-corrected chi connectivity index (χ2v) is 4.74. The molecule has 0 spiro atoms. The van der Waals surface area contributed by atoms with Gasteiger partial charge in [0.05, 0.1) is 18.0 Å². The summed E-state index contributed by atoms with van der Waals surface area (Å²) in [4.78, 5) is 5.52. The Bertz CT molecular complexity index is 459. The van der Waals surface area contributed by atoms with Crippen molar-refractivity contribution in [2.45, 2.75) is 32.9 Å². The van der Waals surface area contributed by atoms with Gasteiger partial charge in [-0.05, 0) is 13.3 Å². The maximum Gasteiger partial charge on any atom is 0.194 e. The smallest absolute Gasteiger partial charge is 0.194 e. The molecule has 0 amide bonds. The highest BCUT2D eigenvalue weighted by Gasteiger charge is 2.11. The lowest BCUT2D eigenvalue weighted by molar-refractivity contribution is 0.238. The first kappa shape index (κ1) is 11.6. The predicted molar refractivity (Wildman–Crippen MR) is 65.8 cm³/mol. The summed E-state index contributed by atoms with van der Waals surface area (Å²) in [6.07, 6.45) is 2.97. The first-order valence-electron chi connectivity index (χ1n) is 5.51. The van der Waals surface area contributed by atoms with Crippen molar-refractivity contribution in [3.05, 3.63) is 23.0 Å². The molecule has 5 heteroatoms. The van der Waals surface area contributed by atoms with Gasteiger partial charge in [0.25, 0.3) is 0 Å². The topological polar surface area (TPSA) is 49.6 Å². The van der Waals surface area contributed by atoms with Gasteiger partial charge in [0.2, 0.25) is 0 Å². The molecule has 0 aliphatic carbocycles. The van der Waals surface area contributed by atoms with Crippen LogP contribution < -0.4 is 5.32 Å². The highest BCUT2D eigenvalue weighted by atomic mass is 32.1. The van der Waals surface area contributed by atoms with Crippen molar-refractivity contribution in [3.8, 4) is 0 Å². The average Bonchev–Trinajstić information content (AvgIpc) is 2.82. The number of thiazole rings is 1. The van der Waals surface area contributed by atoms with Crippen LogP contribution in [0.4, 0.5) is 0 Å². The van der Waals surface area contributed by atoms with Crippen molar-refractivity contribution < 1.29 is 5.11 Å². The number of nitrogens with zero attached hydrogens (tertiary/aromatic N) is 2. The molecule has 2 heterocycles. The minimum atomic E-state index is 0.170. The molecule has 2 rings (SSSR count). The van der Waals surface area contributed by atoms with Crippen molar-refractivity contribution in [1.82, 2.24) is 14.7 Å². The van der Waals surface area contributed by atoms with Crippen molar-refractivity contribution in [2.24, 2.45) is 0 Å². The molecule has 0 fully saturated rings. The Labute approximate surface area is 98.9 Å². The molecule has 2 N–H and O–H groups in total. The molecule has 0 unspecified atom stereocenters. The van der Waals surface area contributed by atoms with E-state index in [4.69, 9.17) is 5.11 Å². The fourth-order valence-corrected chi connectivity index (χ4v) is 2.51. The lowest BCUT2D eigenvalue weighted by Crippen LogP contribution is -2.31. The zero-order valence-electron chi connectivity index (χ0n) is 9.60. The van der Waals surface area contributed by atoms with Crippen molar-refractivity contribution >= 4 is 16.3 Å². The van der Waals surface area contributed by atoms with Crippen LogP contribution in [0.25, 0.3) is 4.96 Å². The van der Waals surface area contributed by atoms with Crippen LogP contribution in [0.1, 0.15) is 24.7 Å². The van der Waals surface area contributed by atoms with Crippen LogP contribution in [0, 0.1) is 6.92 Å². The third-order valence-electron chi connectivity index (χ3n) is 2.83. The van der Waals surface area contributed by atoms with Gasteiger partial charge in [-0.1, -0.05) is 6.92 Å². The third-order valence-corrected chi connectivity index (χ3v) is 3.59. The lowest BCUT2D eigenvalue weighted by Gasteiger charge is -2.13. The number of fused-ring (bicyclic) bond motifs is 1. The second-order valence-electron chi connectivity index (χ2n) is 3.87. The molecule has 1 atom stereocenters. The van der Waals surface area contributed by atoms with Crippen LogP contribution in [0.5, 0.6) is 0 Å². The zero-order valence-corrected chi connectivity index (χ0v) is 10.4. The molecule has 0 saturated carbocycles. The van der Waals surface area contributed by atoms with E-state index in [1.807, 2.05) is 18.5 Å². The van der Waals surface area contributed by atoms with E-state index in [-0.39, 0.29) is 12.6 Å². The fourth-order valence-electron chi connectivity index (χ4n) is 1.73. The third kappa shape index (κ3) is 2.11. The van der Waals surface area contributed by atoms with E-state index < -0.39 is 0 Å². The van der Waals surface area contributed by atoms with Crippen molar-refractivity contribution in [3.63, 3.8) is 0 Å². The first-order chi connectivity index (χ1) is 7.76. The van der Waals surface area contributed by atoms with Crippen molar-refractivity contribution in [2.75, 3.05) is 6.61 Å². The summed E-state index contributed by atoms with van der Waals surface area (Å²) in [5, 5.41) is 14.5. The predicted octanol–water partition coefficient (Wildman–Crippen LogP) is 1.56. The Morgan fingerprint density at radius 3 is 3.12 bits per heavy atom. The minimum absolute atomic E-state index is 0.170. The fraction of sp³-hybridized carbons (Fsp3) is 0.545. The van der Waals surface area contributed by atoms with E-state index in [1.165, 1.54) is 5.69 Å². The quantitative estimate of drug-likeness (QED) is 0.832. The monoisotopic (exact) mass is 239 g/mol. The van der Waals surface area contributed by atoms with Crippen LogP contribution in [-0.4, -0.2) is 27.1 Å². The van der Waals surface area contributed by atoms with E-state index in [0.717, 1.165) is 23.6 Å². The van der Waals surface area contributed by atoms with Gasteiger partial charge in [0.15, 0.2) is 4.96 Å². The summed E-state index contributed by atoms with van der Waals surface area (Å²) in [7, 11) is 0. The van der Waals surface area contributed by atoms with Gasteiger partial charge in [0.1, 0.15) is 0 Å². The lowest BCUT2D eigenvalue weighted by atomic mass is 10.2. The maximum atomic E-state index is 9.11. The Hall–Kier alpha value is -0.910. The zero-order chi connectivity index (χ0) is 11.5. The number of aryl methyl sites for hydroxylation is 1. The van der Waals surface area contributed by atoms with Crippen molar-refractivity contribution in [1.29, 1.82) is 0 Å². The number of hydrogen-bond acceptors (Lipinski definition) is 4. The van der Waals surface area contributed by atoms with E-state index in [9.17, 15) is 0 Å². The van der Waals surface area contributed by atoms with E-state index >= 15 is 0 Å². The van der Waals surface area contributed by atoms with Crippen LogP contribution in [0.2, 0.25) is 0 Å². The summed E-state index contributed by atoms with van der Waals surface area (Å²) in [6.45, 7) is 5.03. The first-order valence-corrected chi connectivity index (χ1v) is 6.39. The molecular formula is C11H17N3OS. The Kier molecular flexibility index (Phi) is 3.58. The molecule has 0 bridgehead atoms. The summed E-state index contributed by atoms with van der Waals surface area (Å²) in [5.41, 5.74) is 2.25. The molecule has 0 aliphatic heterocycles. The number of nitrogens with one attached hydrogen (secondary N) is 1. The largest absolute Gasteiger partial charge is 0.395 e. The summed E-state index contributed by atoms with van der Waals surface area (Å²) >= 11 is 1.64. The Balaban J connectivity index is 2.13. The summed E-state index contributed by atoms with van der Waals surface area (Å²) in [5.74, 6) is 0. The number of aromatic nitrogens is 2. The number of hydrogen-bond donors (Lipinski definition) is 2. The van der Waals surface area contributed by atoms with Gasteiger partial charge >= 0.3 is 0 Å². The molecule has 0 radical (unpaired) electrons. The van der Waals surface area contributed by atoms with Crippen LogP contribution in [0.15, 0.2) is 11.6 Å². The molecule has 2 aromatic heterocycles. The molecule has 0 aromatic carbocycles. The van der Waals surface area contributed by atoms with Gasteiger partial charge in [-0.25, -0.2) is 4.98 Å². The van der Waals surface area contributed by atoms with E-state index in [2.05, 4.69) is 21.6 Å². The number of aliphatic hydroxyl groups is 1. The molecular weight excluding hydrogens is 222 g/mol. The van der Waals surface area contributed by atoms with Crippen LogP contribution in [0.3, 0.4) is 0 Å². The SMILES string of the molecule is CC[C@H](CO)NCc1c(C)nc2sccn12. The number of rotatable bonds is 5. The van der Waals surface area contributed by atoms with Gasteiger partial charge in [-0.15, -0.1) is 11.3 Å². The van der Waals surface area contributed by atoms with Gasteiger partial charge in [-0.2, -0.15) is 0 Å². The standard InChI is InChI=1S/C11H17N3OS/c1-3-9(7-15)12-6-10-8(2)13-11-14(10)4-5-16-11/h4-5,9,12,15H,3,6-7H2,1-2H3/t9-/m1/s1. The summed E-state index contributed by atoms with van der Waals surface area (Å²) < 4.78 is 2.11. The summed E-state index contributed by atoms with van der Waals surface area (Å²) in [6, 6.07) is 0.170. The second kappa shape index (κ2) is 4.95. The van der Waals surface area contributed by atoms with E-state index in [0.29, 0.717) is 0 Å². The van der Waals surface area contributed by atoms with Gasteiger partial charge in [-0.3, -0.25) is 4.40 Å². The molecule has 16 heavy (non-hydrogen) atoms. The normalized spacial score (nSPS) is 13.4.